The Morgan fingerprint density at radius 1 is 0.975 bits per heavy atom. The smallest absolute Gasteiger partial charge is 0.271 e. The maximum Gasteiger partial charge on any atom is 0.271 e. The minimum absolute atomic E-state index is 0.0180. The normalized spacial score (nSPS) is 11.9. The van der Waals surface area contributed by atoms with Gasteiger partial charge in [0, 0.05) is 31.6 Å². The Kier molecular flexibility index (Phi) is 10.4. The molecule has 0 saturated carbocycles. The van der Waals surface area contributed by atoms with E-state index < -0.39 is 33.4 Å². The fourth-order valence-corrected chi connectivity index (χ4v) is 5.14. The fraction of sp³-hybridized carbons (Fsp3) is 0.310. The van der Waals surface area contributed by atoms with Crippen LogP contribution in [0.15, 0.2) is 78.9 Å². The van der Waals surface area contributed by atoms with Gasteiger partial charge in [-0.2, -0.15) is 0 Å². The van der Waals surface area contributed by atoms with Crippen molar-refractivity contribution in [3.05, 3.63) is 106 Å². The van der Waals surface area contributed by atoms with Crippen LogP contribution in [0.25, 0.3) is 0 Å². The molecule has 10 nitrogen and oxygen atoms in total. The number of hydrogen-bond donors (Lipinski definition) is 1. The van der Waals surface area contributed by atoms with Crippen LogP contribution < -0.4 is 9.62 Å². The number of non-ortho nitro benzene ring substituents is 1. The van der Waals surface area contributed by atoms with E-state index in [1.54, 1.807) is 0 Å². The van der Waals surface area contributed by atoms with Crippen LogP contribution in [-0.2, 0) is 32.6 Å². The van der Waals surface area contributed by atoms with Crippen LogP contribution in [0.2, 0.25) is 0 Å². The highest BCUT2D eigenvalue weighted by atomic mass is 32.2. The van der Waals surface area contributed by atoms with Gasteiger partial charge in [0.2, 0.25) is 21.8 Å². The lowest BCUT2D eigenvalue weighted by Gasteiger charge is -2.33. The SMILES string of the molecule is CCCNC(=O)[C@@H](Cc1ccccc1)N(Cc1cccc(C)c1)C(=O)CN(c1cccc([N+](=O)[O-])c1)S(C)(=O)=O. The highest BCUT2D eigenvalue weighted by molar-refractivity contribution is 7.92. The molecular weight excluding hydrogens is 532 g/mol. The summed E-state index contributed by atoms with van der Waals surface area (Å²) in [5.74, 6) is -0.973. The molecule has 0 aliphatic heterocycles. The van der Waals surface area contributed by atoms with Crippen molar-refractivity contribution >= 4 is 33.2 Å². The molecule has 0 aromatic heterocycles. The average Bonchev–Trinajstić information content (AvgIpc) is 2.92. The van der Waals surface area contributed by atoms with Gasteiger partial charge in [0.05, 0.1) is 16.9 Å². The monoisotopic (exact) mass is 566 g/mol. The minimum Gasteiger partial charge on any atom is -0.354 e. The molecule has 40 heavy (non-hydrogen) atoms. The van der Waals surface area contributed by atoms with Crippen molar-refractivity contribution in [3.8, 4) is 0 Å². The standard InChI is InChI=1S/C29H34N4O6S/c1-4-16-30-29(35)27(18-23-11-6-5-7-12-23)31(20-24-13-8-10-22(2)17-24)28(34)21-32(40(3,38)39)25-14-9-15-26(19-25)33(36)37/h5-15,17,19,27H,4,16,18,20-21H2,1-3H3,(H,30,35)/t27-/m1/s1. The van der Waals surface area contributed by atoms with Crippen molar-refractivity contribution in [2.75, 3.05) is 23.7 Å². The summed E-state index contributed by atoms with van der Waals surface area (Å²) in [6.07, 6.45) is 1.84. The van der Waals surface area contributed by atoms with Gasteiger partial charge in [0.25, 0.3) is 5.69 Å². The lowest BCUT2D eigenvalue weighted by atomic mass is 10.0. The van der Waals surface area contributed by atoms with Gasteiger partial charge in [-0.05, 0) is 30.5 Å². The molecule has 1 atom stereocenters. The molecule has 0 unspecified atom stereocenters. The number of amides is 2. The third kappa shape index (κ3) is 8.37. The molecule has 212 valence electrons. The summed E-state index contributed by atoms with van der Waals surface area (Å²) in [6.45, 7) is 3.67. The zero-order valence-corrected chi connectivity index (χ0v) is 23.6. The summed E-state index contributed by atoms with van der Waals surface area (Å²) >= 11 is 0. The van der Waals surface area contributed by atoms with E-state index in [1.807, 2.05) is 68.4 Å². The highest BCUT2D eigenvalue weighted by Crippen LogP contribution is 2.24. The van der Waals surface area contributed by atoms with Crippen molar-refractivity contribution in [2.45, 2.75) is 39.3 Å². The average molecular weight is 567 g/mol. The van der Waals surface area contributed by atoms with Crippen molar-refractivity contribution in [3.63, 3.8) is 0 Å². The Morgan fingerprint density at radius 3 is 2.27 bits per heavy atom. The maximum atomic E-state index is 14.0. The van der Waals surface area contributed by atoms with Gasteiger partial charge in [-0.15, -0.1) is 0 Å². The van der Waals surface area contributed by atoms with E-state index in [-0.39, 0.29) is 30.2 Å². The van der Waals surface area contributed by atoms with Gasteiger partial charge in [-0.25, -0.2) is 8.42 Å². The summed E-state index contributed by atoms with van der Waals surface area (Å²) in [4.78, 5) is 39.6. The molecule has 1 N–H and O–H groups in total. The molecule has 0 aliphatic carbocycles. The van der Waals surface area contributed by atoms with Crippen LogP contribution in [-0.4, -0.2) is 55.4 Å². The van der Waals surface area contributed by atoms with E-state index >= 15 is 0 Å². The Labute approximate surface area is 234 Å². The lowest BCUT2D eigenvalue weighted by molar-refractivity contribution is -0.384. The summed E-state index contributed by atoms with van der Waals surface area (Å²) in [6, 6.07) is 20.9. The van der Waals surface area contributed by atoms with Crippen LogP contribution in [0.3, 0.4) is 0 Å². The van der Waals surface area contributed by atoms with Crippen LogP contribution in [0.4, 0.5) is 11.4 Å². The number of nitrogens with one attached hydrogen (secondary N) is 1. The first-order valence-electron chi connectivity index (χ1n) is 12.9. The lowest BCUT2D eigenvalue weighted by Crippen LogP contribution is -2.53. The Morgan fingerprint density at radius 2 is 1.65 bits per heavy atom. The summed E-state index contributed by atoms with van der Waals surface area (Å²) in [5, 5.41) is 14.2. The molecule has 3 rings (SSSR count). The third-order valence-corrected chi connectivity index (χ3v) is 7.40. The number of rotatable bonds is 13. The fourth-order valence-electron chi connectivity index (χ4n) is 4.30. The predicted octanol–water partition coefficient (Wildman–Crippen LogP) is 3.84. The molecule has 0 radical (unpaired) electrons. The largest absolute Gasteiger partial charge is 0.354 e. The second kappa shape index (κ2) is 13.7. The number of nitro groups is 1. The van der Waals surface area contributed by atoms with Gasteiger partial charge in [-0.1, -0.05) is 73.2 Å². The van der Waals surface area contributed by atoms with Crippen molar-refractivity contribution in [2.24, 2.45) is 0 Å². The molecule has 0 spiro atoms. The van der Waals surface area contributed by atoms with Gasteiger partial charge in [0.15, 0.2) is 0 Å². The van der Waals surface area contributed by atoms with E-state index in [2.05, 4.69) is 5.32 Å². The summed E-state index contributed by atoms with van der Waals surface area (Å²) < 4.78 is 26.5. The molecule has 0 saturated heterocycles. The second-order valence-corrected chi connectivity index (χ2v) is 11.5. The minimum atomic E-state index is -4.02. The van der Waals surface area contributed by atoms with Gasteiger partial charge in [0.1, 0.15) is 12.6 Å². The molecule has 11 heteroatoms. The number of sulfonamides is 1. The molecule has 0 aliphatic rings. The number of anilines is 1. The van der Waals surface area contributed by atoms with Crippen LogP contribution in [0.5, 0.6) is 0 Å². The van der Waals surface area contributed by atoms with Crippen molar-refractivity contribution in [1.29, 1.82) is 0 Å². The number of nitro benzene ring substituents is 1. The molecule has 0 bridgehead atoms. The highest BCUT2D eigenvalue weighted by Gasteiger charge is 2.33. The van der Waals surface area contributed by atoms with Gasteiger partial charge < -0.3 is 10.2 Å². The molecular formula is C29H34N4O6S. The zero-order chi connectivity index (χ0) is 29.3. The first kappa shape index (κ1) is 30.3. The number of nitrogens with zero attached hydrogens (tertiary/aromatic N) is 3. The molecule has 0 heterocycles. The number of hydrogen-bond acceptors (Lipinski definition) is 6. The number of aryl methyl sites for hydroxylation is 1. The van der Waals surface area contributed by atoms with E-state index in [0.29, 0.717) is 13.0 Å². The Balaban J connectivity index is 2.06. The van der Waals surface area contributed by atoms with Gasteiger partial charge >= 0.3 is 0 Å². The topological polar surface area (TPSA) is 130 Å². The van der Waals surface area contributed by atoms with Crippen LogP contribution in [0, 0.1) is 17.0 Å². The number of carbonyl (C=O) groups is 2. The Hall–Kier alpha value is -4.25. The van der Waals surface area contributed by atoms with Crippen molar-refractivity contribution < 1.29 is 22.9 Å². The van der Waals surface area contributed by atoms with Gasteiger partial charge in [-0.3, -0.25) is 24.0 Å². The predicted molar refractivity (Wildman–Crippen MR) is 154 cm³/mol. The molecule has 3 aromatic rings. The van der Waals surface area contributed by atoms with Crippen LogP contribution in [0.1, 0.15) is 30.0 Å². The number of carbonyl (C=O) groups excluding carboxylic acids is 2. The Bertz CT molecular complexity index is 1450. The zero-order valence-electron chi connectivity index (χ0n) is 22.8. The number of benzene rings is 3. The molecule has 2 amide bonds. The maximum absolute atomic E-state index is 14.0. The quantitative estimate of drug-likeness (QED) is 0.247. The summed E-state index contributed by atoms with van der Waals surface area (Å²) in [7, 11) is -4.02. The third-order valence-electron chi connectivity index (χ3n) is 6.26. The van der Waals surface area contributed by atoms with Crippen molar-refractivity contribution in [1.82, 2.24) is 10.2 Å². The van der Waals surface area contributed by atoms with E-state index in [1.165, 1.54) is 23.1 Å². The molecule has 3 aromatic carbocycles. The van der Waals surface area contributed by atoms with E-state index in [9.17, 15) is 28.1 Å². The van der Waals surface area contributed by atoms with Crippen LogP contribution >= 0.6 is 0 Å². The first-order chi connectivity index (χ1) is 19.0. The van der Waals surface area contributed by atoms with E-state index in [4.69, 9.17) is 0 Å². The second-order valence-electron chi connectivity index (χ2n) is 9.55. The molecule has 0 fully saturated rings. The first-order valence-corrected chi connectivity index (χ1v) is 14.7. The van der Waals surface area contributed by atoms with E-state index in [0.717, 1.165) is 33.3 Å². The summed E-state index contributed by atoms with van der Waals surface area (Å²) in [5.41, 5.74) is 2.25.